The molecule has 1 aromatic carbocycles. The summed E-state index contributed by atoms with van der Waals surface area (Å²) in [6.07, 6.45) is 5.24. The molecule has 0 aliphatic carbocycles. The van der Waals surface area contributed by atoms with Crippen LogP contribution in [0.4, 0.5) is 5.69 Å². The number of hydrogen-bond donors (Lipinski definition) is 1. The second-order valence-corrected chi connectivity index (χ2v) is 5.75. The van der Waals surface area contributed by atoms with Crippen molar-refractivity contribution in [1.82, 2.24) is 0 Å². The molecule has 0 aliphatic rings. The molecule has 90 valence electrons. The number of aryl methyl sites for hydroxylation is 1. The Balaban J connectivity index is 2.46. The van der Waals surface area contributed by atoms with Gasteiger partial charge >= 0.3 is 0 Å². The third kappa shape index (κ3) is 4.73. The molecule has 0 radical (unpaired) electrons. The fraction of sp³-hybridized carbons (Fsp3) is 0.571. The molecule has 1 aromatic rings. The highest BCUT2D eigenvalue weighted by Gasteiger charge is 2.04. The Morgan fingerprint density at radius 3 is 2.69 bits per heavy atom. The summed E-state index contributed by atoms with van der Waals surface area (Å²) in [6.45, 7) is 6.69. The molecule has 0 bridgehead atoms. The molecule has 1 nitrogen and oxygen atoms in total. The van der Waals surface area contributed by atoms with E-state index < -0.39 is 0 Å². The lowest BCUT2D eigenvalue weighted by Crippen LogP contribution is -2.15. The van der Waals surface area contributed by atoms with Gasteiger partial charge in [-0.2, -0.15) is 0 Å². The van der Waals surface area contributed by atoms with Gasteiger partial charge in [-0.3, -0.25) is 0 Å². The topological polar surface area (TPSA) is 12.0 Å². The van der Waals surface area contributed by atoms with E-state index in [1.54, 1.807) is 0 Å². The van der Waals surface area contributed by atoms with Crippen LogP contribution in [0.25, 0.3) is 0 Å². The van der Waals surface area contributed by atoms with Gasteiger partial charge in [-0.25, -0.2) is 0 Å². The molecule has 0 fully saturated rings. The Kier molecular flexibility index (Phi) is 6.17. The van der Waals surface area contributed by atoms with E-state index in [2.05, 4.69) is 66.9 Å². The van der Waals surface area contributed by atoms with Crippen LogP contribution in [0.2, 0.25) is 0 Å². The van der Waals surface area contributed by atoms with Crippen LogP contribution in [0, 0.1) is 10.5 Å². The molecule has 1 rings (SSSR count). The monoisotopic (exact) mass is 331 g/mol. The predicted molar refractivity (Wildman–Crippen MR) is 81.1 cm³/mol. The molecule has 2 heteroatoms. The van der Waals surface area contributed by atoms with Gasteiger partial charge in [0, 0.05) is 15.3 Å². The quantitative estimate of drug-likeness (QED) is 0.573. The lowest BCUT2D eigenvalue weighted by Gasteiger charge is -2.17. The van der Waals surface area contributed by atoms with Crippen molar-refractivity contribution in [3.05, 3.63) is 27.3 Å². The largest absolute Gasteiger partial charge is 0.382 e. The maximum atomic E-state index is 3.59. The Bertz CT molecular complexity index is 323. The third-order valence-electron chi connectivity index (χ3n) is 2.83. The SMILES string of the molecule is CCCCCC(C)Nc1ccc(I)cc1C. The van der Waals surface area contributed by atoms with Gasteiger partial charge < -0.3 is 5.32 Å². The van der Waals surface area contributed by atoms with Crippen LogP contribution in [0.3, 0.4) is 0 Å². The minimum absolute atomic E-state index is 0.574. The first-order chi connectivity index (χ1) is 7.63. The number of halogens is 1. The lowest BCUT2D eigenvalue weighted by molar-refractivity contribution is 0.615. The molecule has 0 saturated carbocycles. The Morgan fingerprint density at radius 2 is 2.06 bits per heavy atom. The average Bonchev–Trinajstić information content (AvgIpc) is 2.23. The van der Waals surface area contributed by atoms with Gasteiger partial charge in [0.1, 0.15) is 0 Å². The van der Waals surface area contributed by atoms with Crippen LogP contribution < -0.4 is 5.32 Å². The van der Waals surface area contributed by atoms with Gasteiger partial charge in [-0.1, -0.05) is 26.2 Å². The number of unbranched alkanes of at least 4 members (excludes halogenated alkanes) is 2. The van der Waals surface area contributed by atoms with Gasteiger partial charge in [-0.05, 0) is 66.6 Å². The van der Waals surface area contributed by atoms with Crippen LogP contribution in [-0.4, -0.2) is 6.04 Å². The number of anilines is 1. The van der Waals surface area contributed by atoms with Crippen molar-refractivity contribution < 1.29 is 0 Å². The third-order valence-corrected chi connectivity index (χ3v) is 3.50. The first-order valence-electron chi connectivity index (χ1n) is 6.16. The van der Waals surface area contributed by atoms with Crippen molar-refractivity contribution >= 4 is 28.3 Å². The fourth-order valence-corrected chi connectivity index (χ4v) is 2.47. The van der Waals surface area contributed by atoms with E-state index in [9.17, 15) is 0 Å². The minimum atomic E-state index is 0.574. The summed E-state index contributed by atoms with van der Waals surface area (Å²) in [5, 5.41) is 3.59. The first kappa shape index (κ1) is 13.8. The normalized spacial score (nSPS) is 12.5. The van der Waals surface area contributed by atoms with E-state index in [1.165, 1.54) is 40.5 Å². The van der Waals surface area contributed by atoms with Crippen LogP contribution in [0.1, 0.15) is 45.1 Å². The summed E-state index contributed by atoms with van der Waals surface area (Å²) in [5.41, 5.74) is 2.62. The minimum Gasteiger partial charge on any atom is -0.382 e. The van der Waals surface area contributed by atoms with Gasteiger partial charge in [0.15, 0.2) is 0 Å². The van der Waals surface area contributed by atoms with Gasteiger partial charge in [0.25, 0.3) is 0 Å². The molecular formula is C14H22IN. The molecule has 0 aromatic heterocycles. The van der Waals surface area contributed by atoms with Gasteiger partial charge in [0.05, 0.1) is 0 Å². The summed E-state index contributed by atoms with van der Waals surface area (Å²) in [4.78, 5) is 0. The molecule has 0 saturated heterocycles. The molecule has 0 heterocycles. The number of rotatable bonds is 6. The smallest absolute Gasteiger partial charge is 0.0372 e. The number of benzene rings is 1. The summed E-state index contributed by atoms with van der Waals surface area (Å²) < 4.78 is 1.30. The van der Waals surface area contributed by atoms with Crippen molar-refractivity contribution in [2.45, 2.75) is 52.5 Å². The van der Waals surface area contributed by atoms with Gasteiger partial charge in [0.2, 0.25) is 0 Å². The number of nitrogens with one attached hydrogen (secondary N) is 1. The Hall–Kier alpha value is -0.250. The van der Waals surface area contributed by atoms with Crippen LogP contribution in [0.5, 0.6) is 0 Å². The van der Waals surface area contributed by atoms with Crippen LogP contribution in [0.15, 0.2) is 18.2 Å². The van der Waals surface area contributed by atoms with Crippen molar-refractivity contribution in [3.8, 4) is 0 Å². The maximum absolute atomic E-state index is 3.59. The summed E-state index contributed by atoms with van der Waals surface area (Å²) in [6, 6.07) is 7.15. The highest BCUT2D eigenvalue weighted by molar-refractivity contribution is 14.1. The summed E-state index contributed by atoms with van der Waals surface area (Å²) in [7, 11) is 0. The molecule has 1 N–H and O–H groups in total. The predicted octanol–water partition coefficient (Wildman–Crippen LogP) is 4.98. The highest BCUT2D eigenvalue weighted by Crippen LogP contribution is 2.19. The zero-order chi connectivity index (χ0) is 12.0. The van der Waals surface area contributed by atoms with E-state index in [0.29, 0.717) is 6.04 Å². The fourth-order valence-electron chi connectivity index (χ4n) is 1.83. The van der Waals surface area contributed by atoms with Crippen LogP contribution >= 0.6 is 22.6 Å². The molecule has 16 heavy (non-hydrogen) atoms. The molecule has 0 spiro atoms. The van der Waals surface area contributed by atoms with E-state index in [-0.39, 0.29) is 0 Å². The van der Waals surface area contributed by atoms with Crippen molar-refractivity contribution in [3.63, 3.8) is 0 Å². The molecule has 0 aliphatic heterocycles. The summed E-state index contributed by atoms with van der Waals surface area (Å²) >= 11 is 2.36. The number of hydrogen-bond acceptors (Lipinski definition) is 1. The first-order valence-corrected chi connectivity index (χ1v) is 7.24. The highest BCUT2D eigenvalue weighted by atomic mass is 127. The van der Waals surface area contributed by atoms with Crippen LogP contribution in [-0.2, 0) is 0 Å². The molecular weight excluding hydrogens is 309 g/mol. The van der Waals surface area contributed by atoms with Crippen molar-refractivity contribution in [2.75, 3.05) is 5.32 Å². The Labute approximate surface area is 113 Å². The standard InChI is InChI=1S/C14H22IN/c1-4-5-6-7-12(3)16-14-9-8-13(15)10-11(14)2/h8-10,12,16H,4-7H2,1-3H3. The molecule has 0 amide bonds. The van der Waals surface area contributed by atoms with Gasteiger partial charge in [-0.15, -0.1) is 0 Å². The van der Waals surface area contributed by atoms with E-state index in [1.807, 2.05) is 0 Å². The van der Waals surface area contributed by atoms with E-state index in [0.717, 1.165) is 0 Å². The second-order valence-electron chi connectivity index (χ2n) is 4.50. The van der Waals surface area contributed by atoms with Crippen molar-refractivity contribution in [2.24, 2.45) is 0 Å². The van der Waals surface area contributed by atoms with Crippen molar-refractivity contribution in [1.29, 1.82) is 0 Å². The molecule has 1 atom stereocenters. The molecule has 1 unspecified atom stereocenters. The zero-order valence-corrected chi connectivity index (χ0v) is 12.7. The van der Waals surface area contributed by atoms with E-state index >= 15 is 0 Å². The maximum Gasteiger partial charge on any atom is 0.0372 e. The second kappa shape index (κ2) is 7.15. The zero-order valence-electron chi connectivity index (χ0n) is 10.5. The Morgan fingerprint density at radius 1 is 1.31 bits per heavy atom. The lowest BCUT2D eigenvalue weighted by atomic mass is 10.1. The summed E-state index contributed by atoms with van der Waals surface area (Å²) in [5.74, 6) is 0. The average molecular weight is 331 g/mol. The van der Waals surface area contributed by atoms with E-state index in [4.69, 9.17) is 0 Å².